The molecule has 1 amide bonds. The molecule has 2 aliphatic rings. The van der Waals surface area contributed by atoms with Crippen LogP contribution in [-0.2, 0) is 19.6 Å². The van der Waals surface area contributed by atoms with Gasteiger partial charge in [-0.1, -0.05) is 12.1 Å². The second-order valence-corrected chi connectivity index (χ2v) is 9.68. The first-order chi connectivity index (χ1) is 15.5. The van der Waals surface area contributed by atoms with Gasteiger partial charge in [-0.2, -0.15) is 0 Å². The van der Waals surface area contributed by atoms with Crippen LogP contribution in [0.1, 0.15) is 32.1 Å². The molecule has 32 heavy (non-hydrogen) atoms. The molecule has 1 atom stereocenters. The molecule has 8 nitrogen and oxygen atoms in total. The number of benzene rings is 2. The summed E-state index contributed by atoms with van der Waals surface area (Å²) < 4.78 is 40.4. The molecule has 0 saturated carbocycles. The topological polar surface area (TPSA) is 97.0 Å². The molecule has 0 aliphatic carbocycles. The van der Waals surface area contributed by atoms with Crippen LogP contribution in [0.5, 0.6) is 5.75 Å². The number of sulfonamides is 1. The summed E-state index contributed by atoms with van der Waals surface area (Å²) in [5.74, 6) is 0.174. The van der Waals surface area contributed by atoms with E-state index in [0.717, 1.165) is 38.8 Å². The van der Waals surface area contributed by atoms with E-state index in [9.17, 15) is 13.2 Å². The molecule has 9 heteroatoms. The molecule has 2 saturated heterocycles. The minimum absolute atomic E-state index is 0.121. The number of hydrogen-bond acceptors (Lipinski definition) is 6. The van der Waals surface area contributed by atoms with Gasteiger partial charge < -0.3 is 19.7 Å². The standard InChI is InChI=1S/C23H29N3O5S/c1-30-20-9-4-3-8-18(20)25-32(28,29)22-16-17(24-23(27)21-10-7-15-31-21)11-12-19(22)26-13-5-2-6-14-26/h3-4,8-9,11-12,16,21,25H,2,5-7,10,13-15H2,1H3,(H,24,27)/t21-/m0/s1. The molecule has 2 aliphatic heterocycles. The van der Waals surface area contributed by atoms with E-state index in [1.54, 1.807) is 36.4 Å². The maximum Gasteiger partial charge on any atom is 0.264 e. The summed E-state index contributed by atoms with van der Waals surface area (Å²) in [5.41, 5.74) is 1.40. The third-order valence-corrected chi connectivity index (χ3v) is 7.18. The van der Waals surface area contributed by atoms with Crippen molar-refractivity contribution < 1.29 is 22.7 Å². The van der Waals surface area contributed by atoms with Crippen LogP contribution in [0.2, 0.25) is 0 Å². The van der Waals surface area contributed by atoms with Crippen LogP contribution >= 0.6 is 0 Å². The van der Waals surface area contributed by atoms with Crippen LogP contribution < -0.4 is 19.7 Å². The minimum Gasteiger partial charge on any atom is -0.495 e. The number of methoxy groups -OCH3 is 1. The zero-order valence-corrected chi connectivity index (χ0v) is 19.0. The van der Waals surface area contributed by atoms with Crippen molar-refractivity contribution in [2.24, 2.45) is 0 Å². The van der Waals surface area contributed by atoms with Gasteiger partial charge in [0, 0.05) is 25.4 Å². The van der Waals surface area contributed by atoms with Crippen molar-refractivity contribution in [3.8, 4) is 5.75 Å². The van der Waals surface area contributed by atoms with E-state index in [1.807, 2.05) is 0 Å². The predicted molar refractivity (Wildman–Crippen MR) is 124 cm³/mol. The third kappa shape index (κ3) is 4.99. The predicted octanol–water partition coefficient (Wildman–Crippen LogP) is 3.60. The normalized spacial score (nSPS) is 18.9. The maximum atomic E-state index is 13.5. The summed E-state index contributed by atoms with van der Waals surface area (Å²) in [6.07, 6.45) is 4.16. The molecule has 0 bridgehead atoms. The number of hydrogen-bond donors (Lipinski definition) is 2. The quantitative estimate of drug-likeness (QED) is 0.657. The third-order valence-electron chi connectivity index (χ3n) is 5.79. The lowest BCUT2D eigenvalue weighted by atomic mass is 10.1. The number of piperidine rings is 1. The molecule has 2 N–H and O–H groups in total. The summed E-state index contributed by atoms with van der Waals surface area (Å²) >= 11 is 0. The molecule has 0 aromatic heterocycles. The monoisotopic (exact) mass is 459 g/mol. The molecule has 0 radical (unpaired) electrons. The van der Waals surface area contributed by atoms with Gasteiger partial charge in [-0.15, -0.1) is 0 Å². The molecule has 2 aromatic carbocycles. The Hall–Kier alpha value is -2.78. The number of carbonyl (C=O) groups excluding carboxylic acids is 1. The highest BCUT2D eigenvalue weighted by Gasteiger charge is 2.27. The number of para-hydroxylation sites is 2. The molecule has 4 rings (SSSR count). The average molecular weight is 460 g/mol. The van der Waals surface area contributed by atoms with E-state index in [4.69, 9.17) is 9.47 Å². The molecule has 172 valence electrons. The van der Waals surface area contributed by atoms with Crippen LogP contribution in [0.3, 0.4) is 0 Å². The van der Waals surface area contributed by atoms with E-state index in [0.29, 0.717) is 35.8 Å². The van der Waals surface area contributed by atoms with Crippen molar-refractivity contribution in [2.75, 3.05) is 41.7 Å². The second kappa shape index (κ2) is 9.79. The average Bonchev–Trinajstić information content (AvgIpc) is 3.35. The van der Waals surface area contributed by atoms with E-state index < -0.39 is 16.1 Å². The highest BCUT2D eigenvalue weighted by Crippen LogP contribution is 2.34. The van der Waals surface area contributed by atoms with Crippen molar-refractivity contribution >= 4 is 33.0 Å². The van der Waals surface area contributed by atoms with Gasteiger partial charge in [0.05, 0.1) is 18.5 Å². The summed E-state index contributed by atoms with van der Waals surface area (Å²) in [5, 5.41) is 2.81. The number of nitrogens with one attached hydrogen (secondary N) is 2. The van der Waals surface area contributed by atoms with Crippen LogP contribution in [0.25, 0.3) is 0 Å². The SMILES string of the molecule is COc1ccccc1NS(=O)(=O)c1cc(NC(=O)[C@@H]2CCCO2)ccc1N1CCCCC1. The van der Waals surface area contributed by atoms with E-state index in [-0.39, 0.29) is 10.8 Å². The minimum atomic E-state index is -3.96. The number of rotatable bonds is 7. The molecule has 2 aromatic rings. The van der Waals surface area contributed by atoms with Gasteiger partial charge >= 0.3 is 0 Å². The molecule has 0 unspecified atom stereocenters. The zero-order chi connectivity index (χ0) is 22.6. The Morgan fingerprint density at radius 2 is 1.88 bits per heavy atom. The van der Waals surface area contributed by atoms with Gasteiger partial charge in [0.2, 0.25) is 0 Å². The number of amides is 1. The Morgan fingerprint density at radius 3 is 2.59 bits per heavy atom. The molecule has 2 fully saturated rings. The number of nitrogens with zero attached hydrogens (tertiary/aromatic N) is 1. The Balaban J connectivity index is 1.68. The van der Waals surface area contributed by atoms with Gasteiger partial charge in [-0.25, -0.2) is 8.42 Å². The van der Waals surface area contributed by atoms with Crippen molar-refractivity contribution in [3.05, 3.63) is 42.5 Å². The van der Waals surface area contributed by atoms with E-state index in [2.05, 4.69) is 14.9 Å². The van der Waals surface area contributed by atoms with Crippen molar-refractivity contribution in [1.82, 2.24) is 0 Å². The Bertz CT molecular complexity index is 1060. The van der Waals surface area contributed by atoms with Crippen LogP contribution in [-0.4, -0.2) is 47.2 Å². The Morgan fingerprint density at radius 1 is 1.09 bits per heavy atom. The number of ether oxygens (including phenoxy) is 2. The lowest BCUT2D eigenvalue weighted by molar-refractivity contribution is -0.124. The summed E-state index contributed by atoms with van der Waals surface area (Å²) in [7, 11) is -2.46. The first-order valence-corrected chi connectivity index (χ1v) is 12.4. The lowest BCUT2D eigenvalue weighted by Gasteiger charge is -2.30. The zero-order valence-electron chi connectivity index (χ0n) is 18.2. The second-order valence-electron chi connectivity index (χ2n) is 8.03. The van der Waals surface area contributed by atoms with Crippen molar-refractivity contribution in [1.29, 1.82) is 0 Å². The summed E-state index contributed by atoms with van der Waals surface area (Å²) in [6.45, 7) is 2.14. The molecule has 2 heterocycles. The lowest BCUT2D eigenvalue weighted by Crippen LogP contribution is -2.31. The summed E-state index contributed by atoms with van der Waals surface area (Å²) in [6, 6.07) is 11.9. The Kier molecular flexibility index (Phi) is 6.86. The van der Waals surface area contributed by atoms with Gasteiger partial charge in [0.1, 0.15) is 16.7 Å². The Labute approximate surface area is 189 Å². The molecular weight excluding hydrogens is 430 g/mol. The van der Waals surface area contributed by atoms with Crippen LogP contribution in [0.15, 0.2) is 47.4 Å². The number of anilines is 3. The van der Waals surface area contributed by atoms with Crippen LogP contribution in [0, 0.1) is 0 Å². The van der Waals surface area contributed by atoms with Crippen molar-refractivity contribution in [3.63, 3.8) is 0 Å². The van der Waals surface area contributed by atoms with E-state index >= 15 is 0 Å². The molecule has 0 spiro atoms. The fraction of sp³-hybridized carbons (Fsp3) is 0.435. The largest absolute Gasteiger partial charge is 0.495 e. The highest BCUT2D eigenvalue weighted by atomic mass is 32.2. The fourth-order valence-corrected chi connectivity index (χ4v) is 5.46. The fourth-order valence-electron chi connectivity index (χ4n) is 4.14. The number of carbonyl (C=O) groups is 1. The van der Waals surface area contributed by atoms with Crippen LogP contribution in [0.4, 0.5) is 17.1 Å². The molecular formula is C23H29N3O5S. The summed E-state index contributed by atoms with van der Waals surface area (Å²) in [4.78, 5) is 14.7. The maximum absolute atomic E-state index is 13.5. The van der Waals surface area contributed by atoms with Gasteiger partial charge in [0.15, 0.2) is 0 Å². The van der Waals surface area contributed by atoms with E-state index in [1.165, 1.54) is 13.2 Å². The first kappa shape index (κ1) is 22.4. The van der Waals surface area contributed by atoms with Gasteiger partial charge in [-0.05, 0) is 62.4 Å². The van der Waals surface area contributed by atoms with Gasteiger partial charge in [-0.3, -0.25) is 9.52 Å². The van der Waals surface area contributed by atoms with Gasteiger partial charge in [0.25, 0.3) is 15.9 Å². The highest BCUT2D eigenvalue weighted by molar-refractivity contribution is 7.93. The smallest absolute Gasteiger partial charge is 0.264 e. The first-order valence-electron chi connectivity index (χ1n) is 11.0. The van der Waals surface area contributed by atoms with Crippen molar-refractivity contribution in [2.45, 2.75) is 43.1 Å².